The molecule has 2 unspecified atom stereocenters. The van der Waals surface area contributed by atoms with Gasteiger partial charge in [0, 0.05) is 25.2 Å². The van der Waals surface area contributed by atoms with Crippen LogP contribution in [0.3, 0.4) is 0 Å². The van der Waals surface area contributed by atoms with Crippen LogP contribution in [0.25, 0.3) is 0 Å². The van der Waals surface area contributed by atoms with E-state index in [4.69, 9.17) is 4.74 Å². The van der Waals surface area contributed by atoms with Gasteiger partial charge < -0.3 is 10.1 Å². The number of nitrogens with zero attached hydrogens (tertiary/aromatic N) is 1. The van der Waals surface area contributed by atoms with Gasteiger partial charge in [-0.05, 0) is 59.4 Å². The fraction of sp³-hybridized carbons (Fsp3) is 0.625. The van der Waals surface area contributed by atoms with E-state index in [2.05, 4.69) is 38.3 Å². The first kappa shape index (κ1) is 14.4. The zero-order chi connectivity index (χ0) is 13.9. The predicted molar refractivity (Wildman–Crippen MR) is 85.2 cm³/mol. The van der Waals surface area contributed by atoms with E-state index in [1.54, 1.807) is 7.11 Å². The molecule has 0 bridgehead atoms. The molecule has 0 spiro atoms. The van der Waals surface area contributed by atoms with Crippen LogP contribution in [0.1, 0.15) is 31.2 Å². The van der Waals surface area contributed by atoms with E-state index in [-0.39, 0.29) is 0 Å². The topological polar surface area (TPSA) is 24.5 Å². The number of hydrogen-bond acceptors (Lipinski definition) is 3. The first-order chi connectivity index (χ1) is 9.78. The van der Waals surface area contributed by atoms with Crippen molar-refractivity contribution >= 4 is 15.9 Å². The number of halogens is 1. The molecule has 110 valence electrons. The van der Waals surface area contributed by atoms with E-state index < -0.39 is 0 Å². The highest BCUT2D eigenvalue weighted by Crippen LogP contribution is 2.28. The Morgan fingerprint density at radius 3 is 3.00 bits per heavy atom. The third-order valence-electron chi connectivity index (χ3n) is 4.64. The maximum Gasteiger partial charge on any atom is 0.133 e. The Labute approximate surface area is 129 Å². The van der Waals surface area contributed by atoms with Crippen LogP contribution in [-0.2, 0) is 6.54 Å². The molecule has 2 aliphatic rings. The standard InChI is InChI=1S/C16H23BrN2O/c1-20-16-6-5-12(10-13(16)17)11-18-14-7-9-19-8-3-2-4-15(14)19/h5-6,10,14-15,18H,2-4,7-9,11H2,1H3. The summed E-state index contributed by atoms with van der Waals surface area (Å²) in [7, 11) is 1.70. The molecule has 2 fully saturated rings. The Bertz CT molecular complexity index is 466. The molecule has 1 N–H and O–H groups in total. The van der Waals surface area contributed by atoms with Crippen LogP contribution in [0.2, 0.25) is 0 Å². The summed E-state index contributed by atoms with van der Waals surface area (Å²) in [4.78, 5) is 2.67. The lowest BCUT2D eigenvalue weighted by atomic mass is 9.99. The van der Waals surface area contributed by atoms with E-state index in [1.165, 1.54) is 44.3 Å². The fourth-order valence-corrected chi connectivity index (χ4v) is 4.14. The maximum absolute atomic E-state index is 5.27. The van der Waals surface area contributed by atoms with Gasteiger partial charge in [0.25, 0.3) is 0 Å². The number of fused-ring (bicyclic) bond motifs is 1. The second-order valence-corrected chi connectivity index (χ2v) is 6.70. The highest BCUT2D eigenvalue weighted by Gasteiger charge is 2.34. The molecule has 0 aromatic heterocycles. The van der Waals surface area contributed by atoms with Gasteiger partial charge in [-0.25, -0.2) is 0 Å². The first-order valence-electron chi connectivity index (χ1n) is 7.58. The van der Waals surface area contributed by atoms with Crippen molar-refractivity contribution in [2.45, 2.75) is 44.3 Å². The number of ether oxygens (including phenoxy) is 1. The predicted octanol–water partition coefficient (Wildman–Crippen LogP) is 3.17. The lowest BCUT2D eigenvalue weighted by Crippen LogP contribution is -2.44. The van der Waals surface area contributed by atoms with Crippen molar-refractivity contribution in [1.29, 1.82) is 0 Å². The van der Waals surface area contributed by atoms with Crippen molar-refractivity contribution in [3.05, 3.63) is 28.2 Å². The highest BCUT2D eigenvalue weighted by atomic mass is 79.9. The summed E-state index contributed by atoms with van der Waals surface area (Å²) in [6.07, 6.45) is 5.44. The van der Waals surface area contributed by atoms with Crippen LogP contribution in [0.15, 0.2) is 22.7 Å². The minimum Gasteiger partial charge on any atom is -0.496 e. The number of hydrogen-bond donors (Lipinski definition) is 1. The molecule has 1 aromatic rings. The van der Waals surface area contributed by atoms with Crippen molar-refractivity contribution in [2.75, 3.05) is 20.2 Å². The van der Waals surface area contributed by atoms with Gasteiger partial charge in [-0.2, -0.15) is 0 Å². The molecule has 0 aliphatic carbocycles. The number of rotatable bonds is 4. The van der Waals surface area contributed by atoms with Crippen LogP contribution in [-0.4, -0.2) is 37.2 Å². The lowest BCUT2D eigenvalue weighted by Gasteiger charge is -2.32. The average molecular weight is 339 g/mol. The van der Waals surface area contributed by atoms with Gasteiger partial charge in [-0.1, -0.05) is 12.5 Å². The number of nitrogens with one attached hydrogen (secondary N) is 1. The minimum atomic E-state index is 0.663. The molecule has 0 amide bonds. The smallest absolute Gasteiger partial charge is 0.133 e. The Morgan fingerprint density at radius 1 is 1.30 bits per heavy atom. The average Bonchev–Trinajstić information content (AvgIpc) is 2.88. The molecule has 20 heavy (non-hydrogen) atoms. The molecule has 2 heterocycles. The van der Waals surface area contributed by atoms with Gasteiger partial charge in [-0.15, -0.1) is 0 Å². The third kappa shape index (κ3) is 3.02. The fourth-order valence-electron chi connectivity index (χ4n) is 3.55. The molecule has 2 atom stereocenters. The summed E-state index contributed by atoms with van der Waals surface area (Å²) in [5.74, 6) is 0.896. The maximum atomic E-state index is 5.27. The van der Waals surface area contributed by atoms with Gasteiger partial charge in [0.2, 0.25) is 0 Å². The van der Waals surface area contributed by atoms with Crippen LogP contribution < -0.4 is 10.1 Å². The van der Waals surface area contributed by atoms with Crippen LogP contribution in [0, 0.1) is 0 Å². The second-order valence-electron chi connectivity index (χ2n) is 5.84. The zero-order valence-electron chi connectivity index (χ0n) is 12.1. The monoisotopic (exact) mass is 338 g/mol. The molecule has 1 aromatic carbocycles. The molecular formula is C16H23BrN2O. The van der Waals surface area contributed by atoms with Gasteiger partial charge in [0.15, 0.2) is 0 Å². The van der Waals surface area contributed by atoms with Crippen molar-refractivity contribution in [3.63, 3.8) is 0 Å². The van der Waals surface area contributed by atoms with Crippen LogP contribution in [0.5, 0.6) is 5.75 Å². The van der Waals surface area contributed by atoms with Gasteiger partial charge in [0.1, 0.15) is 5.75 Å². The van der Waals surface area contributed by atoms with E-state index in [0.717, 1.165) is 22.8 Å². The van der Waals surface area contributed by atoms with Crippen molar-refractivity contribution in [3.8, 4) is 5.75 Å². The summed E-state index contributed by atoms with van der Waals surface area (Å²) in [6, 6.07) is 7.76. The normalized spacial score (nSPS) is 26.5. The number of benzene rings is 1. The van der Waals surface area contributed by atoms with Crippen LogP contribution in [0.4, 0.5) is 0 Å². The zero-order valence-corrected chi connectivity index (χ0v) is 13.7. The molecule has 0 saturated carbocycles. The van der Waals surface area contributed by atoms with Gasteiger partial charge in [-0.3, -0.25) is 4.90 Å². The number of methoxy groups -OCH3 is 1. The van der Waals surface area contributed by atoms with E-state index in [1.807, 2.05) is 6.07 Å². The van der Waals surface area contributed by atoms with E-state index >= 15 is 0 Å². The van der Waals surface area contributed by atoms with Gasteiger partial charge in [0.05, 0.1) is 11.6 Å². The van der Waals surface area contributed by atoms with Crippen molar-refractivity contribution in [2.24, 2.45) is 0 Å². The Balaban J connectivity index is 1.58. The Kier molecular flexibility index (Phi) is 4.64. The molecule has 3 rings (SSSR count). The van der Waals surface area contributed by atoms with Crippen molar-refractivity contribution < 1.29 is 4.74 Å². The summed E-state index contributed by atoms with van der Waals surface area (Å²) < 4.78 is 6.31. The number of piperidine rings is 1. The largest absolute Gasteiger partial charge is 0.496 e. The second kappa shape index (κ2) is 6.46. The lowest BCUT2D eigenvalue weighted by molar-refractivity contribution is 0.180. The summed E-state index contributed by atoms with van der Waals surface area (Å²) in [5.41, 5.74) is 1.31. The van der Waals surface area contributed by atoms with E-state index in [0.29, 0.717) is 6.04 Å². The molecular weight excluding hydrogens is 316 g/mol. The van der Waals surface area contributed by atoms with Crippen molar-refractivity contribution in [1.82, 2.24) is 10.2 Å². The minimum absolute atomic E-state index is 0.663. The Morgan fingerprint density at radius 2 is 2.20 bits per heavy atom. The highest BCUT2D eigenvalue weighted by molar-refractivity contribution is 9.10. The Hall–Kier alpha value is -0.580. The summed E-state index contributed by atoms with van der Waals surface area (Å²) in [5, 5.41) is 3.76. The SMILES string of the molecule is COc1ccc(CNC2CCN3CCCCC23)cc1Br. The first-order valence-corrected chi connectivity index (χ1v) is 8.37. The van der Waals surface area contributed by atoms with Crippen LogP contribution >= 0.6 is 15.9 Å². The third-order valence-corrected chi connectivity index (χ3v) is 5.26. The molecule has 4 heteroatoms. The summed E-state index contributed by atoms with van der Waals surface area (Å²) >= 11 is 3.56. The van der Waals surface area contributed by atoms with Gasteiger partial charge >= 0.3 is 0 Å². The van der Waals surface area contributed by atoms with E-state index in [9.17, 15) is 0 Å². The molecule has 2 aliphatic heterocycles. The molecule has 2 saturated heterocycles. The summed E-state index contributed by atoms with van der Waals surface area (Å²) in [6.45, 7) is 3.52. The molecule has 3 nitrogen and oxygen atoms in total. The quantitative estimate of drug-likeness (QED) is 0.912. The molecule has 0 radical (unpaired) electrons.